The minimum atomic E-state index is -0.632. The van der Waals surface area contributed by atoms with Crippen molar-refractivity contribution in [3.63, 3.8) is 0 Å². The molecule has 4 heteroatoms. The highest BCUT2D eigenvalue weighted by Gasteiger charge is 2.52. The van der Waals surface area contributed by atoms with Crippen molar-refractivity contribution in [2.45, 2.75) is 102 Å². The Bertz CT molecular complexity index is 1070. The van der Waals surface area contributed by atoms with E-state index < -0.39 is 18.3 Å². The average Bonchev–Trinajstić information content (AvgIpc) is 3.41. The maximum atomic E-state index is 11.1. The molecular formula is C32H44O3S. The van der Waals surface area contributed by atoms with Gasteiger partial charge in [-0.2, -0.15) is 0 Å². The van der Waals surface area contributed by atoms with Gasteiger partial charge in [-0.3, -0.25) is 0 Å². The molecule has 4 aliphatic carbocycles. The van der Waals surface area contributed by atoms with Crippen LogP contribution in [-0.2, 0) is 5.41 Å². The van der Waals surface area contributed by atoms with Crippen molar-refractivity contribution in [1.29, 1.82) is 0 Å². The minimum Gasteiger partial charge on any atom is -0.393 e. The van der Waals surface area contributed by atoms with Crippen LogP contribution in [-0.4, -0.2) is 33.6 Å². The van der Waals surface area contributed by atoms with Gasteiger partial charge in [0.05, 0.1) is 18.3 Å². The maximum absolute atomic E-state index is 11.1. The molecule has 0 radical (unpaired) electrons. The number of hydrogen-bond acceptors (Lipinski definition) is 4. The number of aryl methyl sites for hydroxylation is 1. The van der Waals surface area contributed by atoms with Crippen molar-refractivity contribution >= 4 is 11.3 Å². The summed E-state index contributed by atoms with van der Waals surface area (Å²) in [5, 5.41) is 33.7. The predicted molar refractivity (Wildman–Crippen MR) is 149 cm³/mol. The number of allylic oxidation sites excluding steroid dienone is 4. The summed E-state index contributed by atoms with van der Waals surface area (Å²) in [4.78, 5) is 1.34. The number of hydrogen-bond donors (Lipinski definition) is 3. The topological polar surface area (TPSA) is 60.7 Å². The number of aliphatic hydroxyl groups excluding tert-OH is 3. The zero-order valence-electron chi connectivity index (χ0n) is 22.2. The van der Waals surface area contributed by atoms with Gasteiger partial charge in [0.1, 0.15) is 0 Å². The van der Waals surface area contributed by atoms with Gasteiger partial charge in [-0.05, 0) is 110 Å². The predicted octanol–water partition coefficient (Wildman–Crippen LogP) is 6.78. The number of fused-ring (bicyclic) bond motifs is 1. The van der Waals surface area contributed by atoms with Gasteiger partial charge in [0, 0.05) is 16.7 Å². The van der Waals surface area contributed by atoms with Gasteiger partial charge in [0.2, 0.25) is 0 Å². The third kappa shape index (κ3) is 4.75. The second kappa shape index (κ2) is 10.0. The normalized spacial score (nSPS) is 38.0. The van der Waals surface area contributed by atoms with E-state index in [0.29, 0.717) is 30.6 Å². The Hall–Kier alpha value is -1.46. The van der Waals surface area contributed by atoms with E-state index >= 15 is 0 Å². The molecule has 4 aliphatic rings. The zero-order valence-corrected chi connectivity index (χ0v) is 23.1. The van der Waals surface area contributed by atoms with Gasteiger partial charge >= 0.3 is 0 Å². The monoisotopic (exact) mass is 508 g/mol. The molecule has 1 aromatic heterocycles. The van der Waals surface area contributed by atoms with Crippen LogP contribution in [0, 0.1) is 30.1 Å². The fraction of sp³-hybridized carbons (Fsp3) is 0.625. The molecule has 0 aliphatic heterocycles. The first-order chi connectivity index (χ1) is 17.1. The molecule has 0 amide bonds. The van der Waals surface area contributed by atoms with Crippen LogP contribution in [0.3, 0.4) is 0 Å². The van der Waals surface area contributed by atoms with Gasteiger partial charge in [-0.15, -0.1) is 11.3 Å². The van der Waals surface area contributed by atoms with Crippen LogP contribution in [0.1, 0.15) is 82.1 Å². The van der Waals surface area contributed by atoms with E-state index in [2.05, 4.69) is 63.1 Å². The third-order valence-electron chi connectivity index (χ3n) is 10.1. The van der Waals surface area contributed by atoms with Crippen molar-refractivity contribution < 1.29 is 15.3 Å². The molecule has 0 saturated heterocycles. The molecule has 0 spiro atoms. The molecule has 4 fully saturated rings. The molecular weight excluding hydrogens is 464 g/mol. The summed E-state index contributed by atoms with van der Waals surface area (Å²) in [6, 6.07) is 2.26. The maximum Gasteiger partial charge on any atom is 0.0825 e. The lowest BCUT2D eigenvalue weighted by Crippen LogP contribution is -2.35. The van der Waals surface area contributed by atoms with E-state index in [4.69, 9.17) is 0 Å². The van der Waals surface area contributed by atoms with Gasteiger partial charge in [0.15, 0.2) is 0 Å². The van der Waals surface area contributed by atoms with Gasteiger partial charge in [-0.25, -0.2) is 0 Å². The Balaban J connectivity index is 1.29. The van der Waals surface area contributed by atoms with Crippen LogP contribution in [0.25, 0.3) is 0 Å². The second-order valence-corrected chi connectivity index (χ2v) is 13.4. The van der Waals surface area contributed by atoms with Crippen molar-refractivity contribution in [3.8, 4) is 0 Å². The summed E-state index contributed by atoms with van der Waals surface area (Å²) in [6.07, 6.45) is 16.6. The van der Waals surface area contributed by atoms with Crippen LogP contribution in [0.2, 0.25) is 0 Å². The first kappa shape index (κ1) is 26.2. The lowest BCUT2D eigenvalue weighted by molar-refractivity contribution is 0.0862. The summed E-state index contributed by atoms with van der Waals surface area (Å²) in [6.45, 7) is 11.1. The van der Waals surface area contributed by atoms with Gasteiger partial charge in [-0.1, -0.05) is 50.3 Å². The van der Waals surface area contributed by atoms with Crippen molar-refractivity contribution in [2.24, 2.45) is 23.2 Å². The smallest absolute Gasteiger partial charge is 0.0825 e. The lowest BCUT2D eigenvalue weighted by Gasteiger charge is -2.44. The van der Waals surface area contributed by atoms with Crippen LogP contribution < -0.4 is 0 Å². The highest BCUT2D eigenvalue weighted by Crippen LogP contribution is 2.60. The highest BCUT2D eigenvalue weighted by atomic mass is 32.1. The fourth-order valence-electron chi connectivity index (χ4n) is 7.72. The van der Waals surface area contributed by atoms with Crippen LogP contribution in [0.15, 0.2) is 59.0 Å². The molecule has 196 valence electrons. The molecule has 0 aromatic carbocycles. The molecule has 4 saturated carbocycles. The van der Waals surface area contributed by atoms with Gasteiger partial charge in [0.25, 0.3) is 0 Å². The Kier molecular flexibility index (Phi) is 7.28. The summed E-state index contributed by atoms with van der Waals surface area (Å²) in [5.74, 6) is 1.65. The van der Waals surface area contributed by atoms with E-state index in [1.807, 2.05) is 0 Å². The first-order valence-electron chi connectivity index (χ1n) is 14.0. The summed E-state index contributed by atoms with van der Waals surface area (Å²) in [7, 11) is 0. The van der Waals surface area contributed by atoms with Crippen LogP contribution >= 0.6 is 11.3 Å². The first-order valence-corrected chi connectivity index (χ1v) is 14.9. The largest absolute Gasteiger partial charge is 0.393 e. The minimum absolute atomic E-state index is 0.0458. The van der Waals surface area contributed by atoms with Crippen LogP contribution in [0.5, 0.6) is 0 Å². The Morgan fingerprint density at radius 3 is 2.61 bits per heavy atom. The van der Waals surface area contributed by atoms with E-state index in [9.17, 15) is 15.3 Å². The summed E-state index contributed by atoms with van der Waals surface area (Å²) < 4.78 is 0. The molecule has 3 nitrogen and oxygen atoms in total. The van der Waals surface area contributed by atoms with Crippen molar-refractivity contribution in [1.82, 2.24) is 0 Å². The zero-order chi connectivity index (χ0) is 25.7. The Labute approximate surface area is 221 Å². The quantitative estimate of drug-likeness (QED) is 0.371. The summed E-state index contributed by atoms with van der Waals surface area (Å²) in [5.41, 5.74) is 4.83. The van der Waals surface area contributed by atoms with E-state index in [0.717, 1.165) is 30.4 Å². The lowest BCUT2D eigenvalue weighted by atomic mass is 9.61. The molecule has 1 aromatic rings. The van der Waals surface area contributed by atoms with Gasteiger partial charge < -0.3 is 15.3 Å². The second-order valence-electron chi connectivity index (χ2n) is 12.5. The molecule has 5 rings (SSSR count). The van der Waals surface area contributed by atoms with Crippen LogP contribution in [0.4, 0.5) is 0 Å². The number of rotatable bonds is 6. The summed E-state index contributed by atoms with van der Waals surface area (Å²) >= 11 is 1.80. The molecule has 1 heterocycles. The molecule has 7 atom stereocenters. The van der Waals surface area contributed by atoms with E-state index in [-0.39, 0.29) is 10.8 Å². The molecule has 3 N–H and O–H groups in total. The Morgan fingerprint density at radius 1 is 1.14 bits per heavy atom. The number of aliphatic hydroxyl groups is 3. The Morgan fingerprint density at radius 2 is 1.92 bits per heavy atom. The molecule has 36 heavy (non-hydrogen) atoms. The standard InChI is InChI=1S/C32H44O3S/c1-20-16-30(36-19-20)32(14-15-32)29(35)12-7-21(2)26-10-11-27-23(6-5-13-31(26,27)4)8-9-24-17-25(33)18-28(34)22(24)3/h7-9,12,16,19,21,25-29,33-35H,3,5-6,10-11,13-15,17-18H2,1-2,4H3/t21-,25-,26-,27+,28+,29+,31-/m1/s1. The highest BCUT2D eigenvalue weighted by molar-refractivity contribution is 7.10. The van der Waals surface area contributed by atoms with Crippen molar-refractivity contribution in [2.75, 3.05) is 0 Å². The SMILES string of the molecule is C=C1C(=CC=C2CCC[C@]3(C)[C@@H]([C@H](C)C=C[C@H](O)C4(c5cc(C)cs5)CC4)CC[C@@H]23)C[C@@H](O)C[C@@H]1O. The average molecular weight is 509 g/mol. The third-order valence-corrected chi connectivity index (χ3v) is 11.4. The van der Waals surface area contributed by atoms with Crippen molar-refractivity contribution in [3.05, 3.63) is 69.5 Å². The molecule has 0 unspecified atom stereocenters. The van der Waals surface area contributed by atoms with E-state index in [1.54, 1.807) is 11.3 Å². The fourth-order valence-corrected chi connectivity index (χ4v) is 8.92. The number of thiophene rings is 1. The van der Waals surface area contributed by atoms with E-state index in [1.165, 1.54) is 41.7 Å². The molecule has 0 bridgehead atoms.